The van der Waals surface area contributed by atoms with Crippen molar-refractivity contribution in [3.63, 3.8) is 0 Å². The summed E-state index contributed by atoms with van der Waals surface area (Å²) in [7, 11) is 5.31. The Kier molecular flexibility index (Phi) is 9.12. The van der Waals surface area contributed by atoms with Crippen LogP contribution in [0.15, 0.2) is 0 Å². The van der Waals surface area contributed by atoms with Gasteiger partial charge in [0.1, 0.15) is 12.6 Å². The van der Waals surface area contributed by atoms with E-state index in [-0.39, 0.29) is 24.7 Å². The topological polar surface area (TPSA) is 20.2 Å². The van der Waals surface area contributed by atoms with Crippen LogP contribution in [-0.4, -0.2) is 72.9 Å². The van der Waals surface area contributed by atoms with Crippen molar-refractivity contribution in [1.29, 1.82) is 0 Å². The summed E-state index contributed by atoms with van der Waals surface area (Å²) in [5.41, 5.74) is -5.21. The van der Waals surface area contributed by atoms with Gasteiger partial charge in [-0.3, -0.25) is 0 Å². The highest BCUT2D eigenvalue weighted by molar-refractivity contribution is 7.99. The molecule has 0 radical (unpaired) electrons. The summed E-state index contributed by atoms with van der Waals surface area (Å²) < 4.78 is 87.2. The highest BCUT2D eigenvalue weighted by Crippen LogP contribution is 2.48. The highest BCUT2D eigenvalue weighted by atomic mass is 35.5. The second-order valence-corrected chi connectivity index (χ2v) is 6.90. The van der Waals surface area contributed by atoms with Gasteiger partial charge in [0, 0.05) is 12.2 Å². The first-order valence-electron chi connectivity index (χ1n) is 5.99. The number of hydrogen-bond donors (Lipinski definition) is 1. The first-order chi connectivity index (χ1) is 9.10. The lowest BCUT2D eigenvalue weighted by Crippen LogP contribution is -3.00. The maximum Gasteiger partial charge on any atom is 0.431 e. The number of likely N-dealkylation sites (N-methyl/N-ethyl adjacent to an activating group) is 1. The van der Waals surface area contributed by atoms with Crippen molar-refractivity contribution in [2.24, 2.45) is 0 Å². The van der Waals surface area contributed by atoms with Crippen molar-refractivity contribution in [1.82, 2.24) is 0 Å². The van der Waals surface area contributed by atoms with Gasteiger partial charge in [-0.05, 0) is 5.75 Å². The first-order valence-corrected chi connectivity index (χ1v) is 7.14. The number of quaternary nitrogens is 1. The van der Waals surface area contributed by atoms with E-state index >= 15 is 0 Å². The molecule has 0 amide bonds. The highest BCUT2D eigenvalue weighted by Gasteiger charge is 2.71. The van der Waals surface area contributed by atoms with Crippen LogP contribution in [0.4, 0.5) is 30.7 Å². The molecule has 0 aromatic carbocycles. The molecular weight excluding hydrogens is 363 g/mol. The largest absolute Gasteiger partial charge is 1.00 e. The van der Waals surface area contributed by atoms with Gasteiger partial charge >= 0.3 is 12.4 Å². The van der Waals surface area contributed by atoms with E-state index in [9.17, 15) is 35.8 Å². The lowest BCUT2D eigenvalue weighted by Gasteiger charge is -2.30. The van der Waals surface area contributed by atoms with E-state index in [4.69, 9.17) is 0 Å². The molecular formula is C11H19ClF7NOS. The van der Waals surface area contributed by atoms with Crippen LogP contribution in [0.25, 0.3) is 0 Å². The molecule has 0 rings (SSSR count). The van der Waals surface area contributed by atoms with Crippen molar-refractivity contribution in [3.8, 4) is 0 Å². The maximum atomic E-state index is 13.3. The van der Waals surface area contributed by atoms with E-state index in [0.29, 0.717) is 16.2 Å². The Morgan fingerprint density at radius 1 is 0.955 bits per heavy atom. The van der Waals surface area contributed by atoms with Crippen LogP contribution in [0.3, 0.4) is 0 Å². The Balaban J connectivity index is 0. The van der Waals surface area contributed by atoms with Crippen molar-refractivity contribution < 1.29 is 52.7 Å². The van der Waals surface area contributed by atoms with Crippen molar-refractivity contribution in [2.75, 3.05) is 39.2 Å². The Morgan fingerprint density at radius 3 is 1.68 bits per heavy atom. The molecule has 0 saturated heterocycles. The minimum atomic E-state index is -6.01. The normalized spacial score (nSPS) is 15.4. The lowest BCUT2D eigenvalue weighted by molar-refractivity contribution is -0.873. The number of nitrogens with zero attached hydrogens (tertiary/aromatic N) is 1. The molecule has 0 spiro atoms. The third-order valence-corrected chi connectivity index (χ3v) is 3.67. The minimum Gasteiger partial charge on any atom is -1.00 e. The fourth-order valence-corrected chi connectivity index (χ4v) is 2.53. The zero-order valence-corrected chi connectivity index (χ0v) is 13.8. The zero-order chi connectivity index (χ0) is 17.1. The van der Waals surface area contributed by atoms with E-state index in [2.05, 4.69) is 0 Å². The molecule has 0 aliphatic heterocycles. The van der Waals surface area contributed by atoms with Gasteiger partial charge < -0.3 is 22.0 Å². The first kappa shape index (κ1) is 24.3. The van der Waals surface area contributed by atoms with E-state index in [1.165, 1.54) is 0 Å². The molecule has 0 saturated carbocycles. The number of hydrogen-bond acceptors (Lipinski definition) is 2. The van der Waals surface area contributed by atoms with Crippen molar-refractivity contribution >= 4 is 11.8 Å². The third kappa shape index (κ3) is 7.56. The van der Waals surface area contributed by atoms with Crippen LogP contribution in [0.5, 0.6) is 0 Å². The molecule has 0 aliphatic rings. The Labute approximate surface area is 135 Å². The average molecular weight is 382 g/mol. The van der Waals surface area contributed by atoms with Crippen molar-refractivity contribution in [2.45, 2.75) is 30.5 Å². The Bertz CT molecular complexity index is 316. The van der Waals surface area contributed by atoms with Crippen LogP contribution in [0.2, 0.25) is 0 Å². The van der Waals surface area contributed by atoms with E-state index in [0.717, 1.165) is 0 Å². The van der Waals surface area contributed by atoms with E-state index in [1.807, 2.05) is 0 Å². The quantitative estimate of drug-likeness (QED) is 0.381. The van der Waals surface area contributed by atoms with E-state index < -0.39 is 36.3 Å². The average Bonchev–Trinajstić information content (AvgIpc) is 2.18. The van der Waals surface area contributed by atoms with Crippen LogP contribution in [0.1, 0.15) is 6.42 Å². The fraction of sp³-hybridized carbons (Fsp3) is 1.00. The SMILES string of the molecule is C[N+](C)(C)CC(O)CSCCC(F)(C(F)(F)F)C(F)(F)F.[Cl-]. The van der Waals surface area contributed by atoms with Crippen LogP contribution in [0, 0.1) is 0 Å². The van der Waals surface area contributed by atoms with Gasteiger partial charge in [-0.1, -0.05) is 0 Å². The second-order valence-electron chi connectivity index (χ2n) is 5.75. The molecule has 1 unspecified atom stereocenters. The predicted octanol–water partition coefficient (Wildman–Crippen LogP) is 0.0137. The molecule has 2 nitrogen and oxygen atoms in total. The van der Waals surface area contributed by atoms with Gasteiger partial charge in [-0.25, -0.2) is 4.39 Å². The number of rotatable bonds is 7. The molecule has 0 bridgehead atoms. The van der Waals surface area contributed by atoms with Crippen molar-refractivity contribution in [3.05, 3.63) is 0 Å². The van der Waals surface area contributed by atoms with Gasteiger partial charge in [0.2, 0.25) is 0 Å². The molecule has 22 heavy (non-hydrogen) atoms. The van der Waals surface area contributed by atoms with Gasteiger partial charge in [-0.15, -0.1) is 0 Å². The number of aliphatic hydroxyl groups excluding tert-OH is 1. The number of alkyl halides is 7. The Morgan fingerprint density at radius 2 is 1.36 bits per heavy atom. The summed E-state index contributed by atoms with van der Waals surface area (Å²) in [6.45, 7) is 0.284. The summed E-state index contributed by atoms with van der Waals surface area (Å²) in [5, 5.41) is 9.56. The van der Waals surface area contributed by atoms with Gasteiger partial charge in [-0.2, -0.15) is 38.1 Å². The molecule has 0 heterocycles. The molecule has 0 fully saturated rings. The molecule has 11 heteroatoms. The Hall–Kier alpha value is 0.0700. The summed E-state index contributed by atoms with van der Waals surface area (Å²) in [6, 6.07) is 0. The third-order valence-electron chi connectivity index (χ3n) is 2.56. The van der Waals surface area contributed by atoms with Gasteiger partial charge in [0.05, 0.1) is 21.1 Å². The molecule has 136 valence electrons. The summed E-state index contributed by atoms with van der Waals surface area (Å²) in [5.74, 6) is -0.745. The maximum absolute atomic E-state index is 13.3. The number of halogens is 8. The monoisotopic (exact) mass is 381 g/mol. The minimum absolute atomic E-state index is 0. The van der Waals surface area contributed by atoms with Gasteiger partial charge in [0.25, 0.3) is 5.67 Å². The fourth-order valence-electron chi connectivity index (χ4n) is 1.56. The lowest BCUT2D eigenvalue weighted by atomic mass is 10.0. The summed E-state index contributed by atoms with van der Waals surface area (Å²) in [6.07, 6.45) is -14.6. The molecule has 0 aromatic heterocycles. The number of aliphatic hydroxyl groups is 1. The van der Waals surface area contributed by atoms with E-state index in [1.54, 1.807) is 21.1 Å². The molecule has 1 N–H and O–H groups in total. The molecule has 1 atom stereocenters. The standard InChI is InChI=1S/C11H19F7NOS.ClH/c1-19(2,3)6-8(20)7-21-5-4-9(12,10(13,14)15)11(16,17)18;/h8,20H,4-7H2,1-3H3;1H/q+1;/p-1. The number of thioether (sulfide) groups is 1. The van der Waals surface area contributed by atoms with Gasteiger partial charge in [0.15, 0.2) is 0 Å². The van der Waals surface area contributed by atoms with Crippen LogP contribution in [-0.2, 0) is 0 Å². The van der Waals surface area contributed by atoms with Crippen LogP contribution >= 0.6 is 11.8 Å². The smallest absolute Gasteiger partial charge is 0.431 e. The summed E-state index contributed by atoms with van der Waals surface area (Å²) in [4.78, 5) is 0. The summed E-state index contributed by atoms with van der Waals surface area (Å²) >= 11 is 0.661. The van der Waals surface area contributed by atoms with Crippen LogP contribution < -0.4 is 12.4 Å². The predicted molar refractivity (Wildman–Crippen MR) is 66.8 cm³/mol. The second kappa shape index (κ2) is 8.25. The molecule has 0 aliphatic carbocycles. The molecule has 0 aromatic rings. The zero-order valence-electron chi connectivity index (χ0n) is 12.2.